The maximum absolute atomic E-state index is 5.78. The molecule has 2 nitrogen and oxygen atoms in total. The third-order valence-electron chi connectivity index (χ3n) is 3.60. The summed E-state index contributed by atoms with van der Waals surface area (Å²) < 4.78 is 0. The standard InChI is InChI=1S/C13H22N2S/c1-10-5-6-13(16-10)11(2)15-7-3-4-12(8-14)9-15/h5-6,11-12H,3-4,7-9,14H2,1-2H3. The molecule has 0 saturated carbocycles. The molecule has 3 heteroatoms. The second-order valence-corrected chi connectivity index (χ2v) is 6.18. The van der Waals surface area contributed by atoms with Gasteiger partial charge in [-0.1, -0.05) is 0 Å². The number of hydrogen-bond acceptors (Lipinski definition) is 3. The molecule has 1 aliphatic heterocycles. The smallest absolute Gasteiger partial charge is 0.0413 e. The van der Waals surface area contributed by atoms with Crippen LogP contribution < -0.4 is 5.73 Å². The van der Waals surface area contributed by atoms with E-state index in [0.717, 1.165) is 6.54 Å². The Balaban J connectivity index is 2.01. The van der Waals surface area contributed by atoms with E-state index in [9.17, 15) is 0 Å². The average molecular weight is 238 g/mol. The van der Waals surface area contributed by atoms with Gasteiger partial charge in [-0.05, 0) is 57.8 Å². The van der Waals surface area contributed by atoms with Crippen molar-refractivity contribution in [1.29, 1.82) is 0 Å². The van der Waals surface area contributed by atoms with Crippen LogP contribution in [-0.4, -0.2) is 24.5 Å². The summed E-state index contributed by atoms with van der Waals surface area (Å²) in [6.45, 7) is 7.75. The van der Waals surface area contributed by atoms with E-state index in [1.165, 1.54) is 35.7 Å². The molecule has 2 unspecified atom stereocenters. The number of rotatable bonds is 3. The van der Waals surface area contributed by atoms with E-state index in [2.05, 4.69) is 30.9 Å². The zero-order chi connectivity index (χ0) is 11.5. The van der Waals surface area contributed by atoms with Gasteiger partial charge in [0.1, 0.15) is 0 Å². The predicted octanol–water partition coefficient (Wildman–Crippen LogP) is 2.79. The van der Waals surface area contributed by atoms with Gasteiger partial charge in [-0.2, -0.15) is 0 Å². The second-order valence-electron chi connectivity index (χ2n) is 4.86. The first-order valence-electron chi connectivity index (χ1n) is 6.21. The Morgan fingerprint density at radius 1 is 1.56 bits per heavy atom. The Hall–Kier alpha value is -0.380. The summed E-state index contributed by atoms with van der Waals surface area (Å²) in [6.07, 6.45) is 2.61. The zero-order valence-corrected chi connectivity index (χ0v) is 11.1. The van der Waals surface area contributed by atoms with Gasteiger partial charge in [-0.25, -0.2) is 0 Å². The SMILES string of the molecule is Cc1ccc(C(C)N2CCCC(CN)C2)s1. The fraction of sp³-hybridized carbons (Fsp3) is 0.692. The molecule has 0 bridgehead atoms. The van der Waals surface area contributed by atoms with Crippen molar-refractivity contribution in [2.75, 3.05) is 19.6 Å². The Morgan fingerprint density at radius 2 is 2.38 bits per heavy atom. The van der Waals surface area contributed by atoms with Crippen LogP contribution in [-0.2, 0) is 0 Å². The van der Waals surface area contributed by atoms with E-state index >= 15 is 0 Å². The van der Waals surface area contributed by atoms with E-state index in [0.29, 0.717) is 12.0 Å². The minimum Gasteiger partial charge on any atom is -0.330 e. The van der Waals surface area contributed by atoms with Crippen molar-refractivity contribution < 1.29 is 0 Å². The van der Waals surface area contributed by atoms with Gasteiger partial charge in [0.2, 0.25) is 0 Å². The molecule has 16 heavy (non-hydrogen) atoms. The first-order valence-corrected chi connectivity index (χ1v) is 7.03. The molecule has 1 aromatic heterocycles. The van der Waals surface area contributed by atoms with Crippen molar-refractivity contribution in [1.82, 2.24) is 4.90 Å². The van der Waals surface area contributed by atoms with Gasteiger partial charge in [0.15, 0.2) is 0 Å². The van der Waals surface area contributed by atoms with E-state index < -0.39 is 0 Å². The van der Waals surface area contributed by atoms with Crippen molar-refractivity contribution >= 4 is 11.3 Å². The molecular weight excluding hydrogens is 216 g/mol. The molecule has 2 N–H and O–H groups in total. The molecule has 1 aliphatic rings. The number of likely N-dealkylation sites (tertiary alicyclic amines) is 1. The highest BCUT2D eigenvalue weighted by Gasteiger charge is 2.24. The summed E-state index contributed by atoms with van der Waals surface area (Å²) >= 11 is 1.93. The lowest BCUT2D eigenvalue weighted by Gasteiger charge is -2.36. The molecule has 0 aromatic carbocycles. The summed E-state index contributed by atoms with van der Waals surface area (Å²) in [5, 5.41) is 0. The van der Waals surface area contributed by atoms with Crippen LogP contribution in [0.2, 0.25) is 0 Å². The molecule has 0 aliphatic carbocycles. The highest BCUT2D eigenvalue weighted by Crippen LogP contribution is 2.30. The van der Waals surface area contributed by atoms with Crippen molar-refractivity contribution in [3.05, 3.63) is 21.9 Å². The minimum absolute atomic E-state index is 0.563. The minimum atomic E-state index is 0.563. The van der Waals surface area contributed by atoms with E-state index in [-0.39, 0.29) is 0 Å². The summed E-state index contributed by atoms with van der Waals surface area (Å²) in [5.41, 5.74) is 5.78. The lowest BCUT2D eigenvalue weighted by Crippen LogP contribution is -2.39. The molecule has 0 amide bonds. The van der Waals surface area contributed by atoms with Crippen molar-refractivity contribution in [2.45, 2.75) is 32.7 Å². The van der Waals surface area contributed by atoms with Gasteiger partial charge in [-0.15, -0.1) is 11.3 Å². The quantitative estimate of drug-likeness (QED) is 0.877. The topological polar surface area (TPSA) is 29.3 Å². The molecule has 2 atom stereocenters. The van der Waals surface area contributed by atoms with Crippen LogP contribution >= 0.6 is 11.3 Å². The van der Waals surface area contributed by atoms with Crippen LogP contribution in [0.15, 0.2) is 12.1 Å². The molecule has 1 fully saturated rings. The van der Waals surface area contributed by atoms with E-state index in [4.69, 9.17) is 5.73 Å². The highest BCUT2D eigenvalue weighted by molar-refractivity contribution is 7.12. The fourth-order valence-corrected chi connectivity index (χ4v) is 3.46. The lowest BCUT2D eigenvalue weighted by molar-refractivity contribution is 0.136. The number of hydrogen-bond donors (Lipinski definition) is 1. The molecule has 0 spiro atoms. The van der Waals surface area contributed by atoms with E-state index in [1.54, 1.807) is 0 Å². The monoisotopic (exact) mass is 238 g/mol. The summed E-state index contributed by atoms with van der Waals surface area (Å²) in [7, 11) is 0. The van der Waals surface area contributed by atoms with Gasteiger partial charge >= 0.3 is 0 Å². The average Bonchev–Trinajstić information content (AvgIpc) is 2.75. The summed E-state index contributed by atoms with van der Waals surface area (Å²) in [4.78, 5) is 5.50. The normalized spacial score (nSPS) is 24.6. The number of nitrogens with zero attached hydrogens (tertiary/aromatic N) is 1. The number of piperidine rings is 1. The Kier molecular flexibility index (Phi) is 4.00. The van der Waals surface area contributed by atoms with Crippen LogP contribution in [0.25, 0.3) is 0 Å². The summed E-state index contributed by atoms with van der Waals surface area (Å²) in [6, 6.07) is 5.06. The molecule has 0 radical (unpaired) electrons. The predicted molar refractivity (Wildman–Crippen MR) is 70.8 cm³/mol. The van der Waals surface area contributed by atoms with Crippen LogP contribution in [0.5, 0.6) is 0 Å². The van der Waals surface area contributed by atoms with Gasteiger partial charge in [0.25, 0.3) is 0 Å². The second kappa shape index (κ2) is 5.30. The zero-order valence-electron chi connectivity index (χ0n) is 10.3. The number of nitrogens with two attached hydrogens (primary N) is 1. The lowest BCUT2D eigenvalue weighted by atomic mass is 9.97. The van der Waals surface area contributed by atoms with Crippen molar-refractivity contribution in [2.24, 2.45) is 11.7 Å². The van der Waals surface area contributed by atoms with Gasteiger partial charge in [0.05, 0.1) is 0 Å². The maximum atomic E-state index is 5.78. The van der Waals surface area contributed by atoms with Gasteiger partial charge in [0, 0.05) is 22.3 Å². The Bertz CT molecular complexity index is 334. The fourth-order valence-electron chi connectivity index (χ4n) is 2.50. The highest BCUT2D eigenvalue weighted by atomic mass is 32.1. The molecule has 90 valence electrons. The number of thiophene rings is 1. The number of aryl methyl sites for hydroxylation is 1. The van der Waals surface area contributed by atoms with E-state index in [1.807, 2.05) is 11.3 Å². The largest absolute Gasteiger partial charge is 0.330 e. The van der Waals surface area contributed by atoms with Crippen LogP contribution in [0.4, 0.5) is 0 Å². The third kappa shape index (κ3) is 2.65. The first kappa shape index (κ1) is 12.1. The van der Waals surface area contributed by atoms with Crippen molar-refractivity contribution in [3.8, 4) is 0 Å². The molecule has 1 aromatic rings. The third-order valence-corrected chi connectivity index (χ3v) is 4.78. The van der Waals surface area contributed by atoms with Crippen LogP contribution in [0, 0.1) is 12.8 Å². The van der Waals surface area contributed by atoms with Crippen LogP contribution in [0.1, 0.15) is 35.6 Å². The van der Waals surface area contributed by atoms with Gasteiger partial charge in [-0.3, -0.25) is 4.90 Å². The van der Waals surface area contributed by atoms with Gasteiger partial charge < -0.3 is 5.73 Å². The molecular formula is C13H22N2S. The molecule has 2 heterocycles. The Labute approximate surface area is 102 Å². The van der Waals surface area contributed by atoms with Crippen molar-refractivity contribution in [3.63, 3.8) is 0 Å². The van der Waals surface area contributed by atoms with Crippen LogP contribution in [0.3, 0.4) is 0 Å². The first-order chi connectivity index (χ1) is 7.70. The maximum Gasteiger partial charge on any atom is 0.0413 e. The Morgan fingerprint density at radius 3 is 3.00 bits per heavy atom. The molecule has 1 saturated heterocycles. The molecule has 2 rings (SSSR count). The summed E-state index contributed by atoms with van der Waals surface area (Å²) in [5.74, 6) is 0.706.